The molecule has 0 unspecified atom stereocenters. The Labute approximate surface area is 137 Å². The molecule has 3 nitrogen and oxygen atoms in total. The van der Waals surface area contributed by atoms with Crippen molar-refractivity contribution in [3.05, 3.63) is 71.5 Å². The minimum absolute atomic E-state index is 0. The molecule has 0 spiro atoms. The lowest BCUT2D eigenvalue weighted by atomic mass is 10.1. The Morgan fingerprint density at radius 1 is 1.00 bits per heavy atom. The predicted octanol–water partition coefficient (Wildman–Crippen LogP) is 4.73. The molecule has 1 heterocycles. The van der Waals surface area contributed by atoms with Crippen LogP contribution in [0.2, 0.25) is 0 Å². The molecule has 0 aliphatic heterocycles. The fraction of sp³-hybridized carbons (Fsp3) is 0.167. The SMILES string of the molecule is Cc1nc(-c2cccc(NCc3ccccc3)c2)[nH]c1C.Cl. The molecule has 2 aromatic carbocycles. The number of anilines is 1. The van der Waals surface area contributed by atoms with E-state index in [1.54, 1.807) is 0 Å². The number of hydrogen-bond donors (Lipinski definition) is 2. The van der Waals surface area contributed by atoms with Gasteiger partial charge >= 0.3 is 0 Å². The number of imidazole rings is 1. The molecule has 114 valence electrons. The number of rotatable bonds is 4. The van der Waals surface area contributed by atoms with Gasteiger partial charge in [0.2, 0.25) is 0 Å². The van der Waals surface area contributed by atoms with Crippen LogP contribution in [0.25, 0.3) is 11.4 Å². The maximum Gasteiger partial charge on any atom is 0.137 e. The lowest BCUT2D eigenvalue weighted by Crippen LogP contribution is -1.99. The number of nitrogens with one attached hydrogen (secondary N) is 2. The van der Waals surface area contributed by atoms with E-state index in [1.165, 1.54) is 5.56 Å². The van der Waals surface area contributed by atoms with E-state index < -0.39 is 0 Å². The third-order valence-electron chi connectivity index (χ3n) is 3.60. The predicted molar refractivity (Wildman–Crippen MR) is 94.5 cm³/mol. The minimum Gasteiger partial charge on any atom is -0.381 e. The summed E-state index contributed by atoms with van der Waals surface area (Å²) in [6.45, 7) is 4.89. The highest BCUT2D eigenvalue weighted by Gasteiger charge is 2.05. The Morgan fingerprint density at radius 3 is 2.45 bits per heavy atom. The van der Waals surface area contributed by atoms with Crippen molar-refractivity contribution in [3.63, 3.8) is 0 Å². The molecule has 4 heteroatoms. The lowest BCUT2D eigenvalue weighted by molar-refractivity contribution is 1.15. The molecule has 0 aliphatic rings. The Hall–Kier alpha value is -2.26. The Balaban J connectivity index is 0.00000176. The molecule has 1 aromatic heterocycles. The Morgan fingerprint density at radius 2 is 1.77 bits per heavy atom. The summed E-state index contributed by atoms with van der Waals surface area (Å²) in [6.07, 6.45) is 0. The summed E-state index contributed by atoms with van der Waals surface area (Å²) in [5, 5.41) is 3.45. The second-order valence-electron chi connectivity index (χ2n) is 5.22. The van der Waals surface area contributed by atoms with Gasteiger partial charge in [0.1, 0.15) is 5.82 Å². The Bertz CT molecular complexity index is 716. The molecule has 0 atom stereocenters. The van der Waals surface area contributed by atoms with E-state index in [0.717, 1.165) is 35.0 Å². The first-order chi connectivity index (χ1) is 10.2. The summed E-state index contributed by atoms with van der Waals surface area (Å²) in [7, 11) is 0. The molecule has 0 bridgehead atoms. The van der Waals surface area contributed by atoms with Crippen LogP contribution in [0.1, 0.15) is 17.0 Å². The number of H-pyrrole nitrogens is 1. The monoisotopic (exact) mass is 313 g/mol. The van der Waals surface area contributed by atoms with Crippen molar-refractivity contribution in [2.75, 3.05) is 5.32 Å². The number of aromatic amines is 1. The van der Waals surface area contributed by atoms with E-state index >= 15 is 0 Å². The van der Waals surface area contributed by atoms with Crippen molar-refractivity contribution in [1.82, 2.24) is 9.97 Å². The largest absolute Gasteiger partial charge is 0.381 e. The van der Waals surface area contributed by atoms with Gasteiger partial charge in [-0.15, -0.1) is 12.4 Å². The molecule has 2 N–H and O–H groups in total. The maximum absolute atomic E-state index is 4.56. The van der Waals surface area contributed by atoms with Crippen LogP contribution in [0.15, 0.2) is 54.6 Å². The molecule has 22 heavy (non-hydrogen) atoms. The molecule has 0 saturated heterocycles. The highest BCUT2D eigenvalue weighted by atomic mass is 35.5. The van der Waals surface area contributed by atoms with Crippen LogP contribution >= 0.6 is 12.4 Å². The van der Waals surface area contributed by atoms with Gasteiger partial charge in [-0.3, -0.25) is 0 Å². The van der Waals surface area contributed by atoms with Gasteiger partial charge in [-0.25, -0.2) is 4.98 Å². The van der Waals surface area contributed by atoms with Crippen molar-refractivity contribution in [2.45, 2.75) is 20.4 Å². The average molecular weight is 314 g/mol. The number of aromatic nitrogens is 2. The zero-order chi connectivity index (χ0) is 14.7. The summed E-state index contributed by atoms with van der Waals surface area (Å²) in [6, 6.07) is 18.7. The topological polar surface area (TPSA) is 40.7 Å². The van der Waals surface area contributed by atoms with Gasteiger partial charge in [-0.1, -0.05) is 42.5 Å². The number of benzene rings is 2. The molecule has 0 aliphatic carbocycles. The molecule has 0 amide bonds. The van der Waals surface area contributed by atoms with Crippen molar-refractivity contribution in [3.8, 4) is 11.4 Å². The smallest absolute Gasteiger partial charge is 0.137 e. The number of nitrogens with zero attached hydrogens (tertiary/aromatic N) is 1. The molecule has 0 fully saturated rings. The average Bonchev–Trinajstić information content (AvgIpc) is 2.86. The lowest BCUT2D eigenvalue weighted by Gasteiger charge is -2.07. The van der Waals surface area contributed by atoms with E-state index in [2.05, 4.69) is 63.8 Å². The fourth-order valence-corrected chi connectivity index (χ4v) is 2.26. The van der Waals surface area contributed by atoms with Gasteiger partial charge in [0.05, 0.1) is 5.69 Å². The highest BCUT2D eigenvalue weighted by molar-refractivity contribution is 5.85. The van der Waals surface area contributed by atoms with Gasteiger partial charge in [-0.05, 0) is 31.5 Å². The maximum atomic E-state index is 4.56. The molecule has 3 aromatic rings. The number of aryl methyl sites for hydroxylation is 2. The molecule has 0 saturated carbocycles. The van der Waals surface area contributed by atoms with Gasteiger partial charge < -0.3 is 10.3 Å². The first kappa shape index (κ1) is 16.1. The van der Waals surface area contributed by atoms with E-state index in [4.69, 9.17) is 0 Å². The summed E-state index contributed by atoms with van der Waals surface area (Å²) in [5.74, 6) is 0.924. The highest BCUT2D eigenvalue weighted by Crippen LogP contribution is 2.21. The fourth-order valence-electron chi connectivity index (χ4n) is 2.26. The first-order valence-electron chi connectivity index (χ1n) is 7.14. The summed E-state index contributed by atoms with van der Waals surface area (Å²) < 4.78 is 0. The van der Waals surface area contributed by atoms with Crippen LogP contribution in [-0.2, 0) is 6.54 Å². The molecular formula is C18H20ClN3. The standard InChI is InChI=1S/C18H19N3.ClH/c1-13-14(2)21-18(20-13)16-9-6-10-17(11-16)19-12-15-7-4-3-5-8-15;/h3-11,19H,12H2,1-2H3,(H,20,21);1H. The van der Waals surface area contributed by atoms with Crippen molar-refractivity contribution < 1.29 is 0 Å². The number of hydrogen-bond acceptors (Lipinski definition) is 2. The quantitative estimate of drug-likeness (QED) is 0.731. The van der Waals surface area contributed by atoms with Crippen LogP contribution in [0.4, 0.5) is 5.69 Å². The van der Waals surface area contributed by atoms with E-state index in [0.29, 0.717) is 0 Å². The molecule has 0 radical (unpaired) electrons. The van der Waals surface area contributed by atoms with E-state index in [1.807, 2.05) is 19.9 Å². The third kappa shape index (κ3) is 3.68. The van der Waals surface area contributed by atoms with Gasteiger partial charge in [0.15, 0.2) is 0 Å². The van der Waals surface area contributed by atoms with E-state index in [9.17, 15) is 0 Å². The van der Waals surface area contributed by atoms with Crippen LogP contribution in [0.3, 0.4) is 0 Å². The van der Waals surface area contributed by atoms with Crippen molar-refractivity contribution in [1.29, 1.82) is 0 Å². The Kier molecular flexibility index (Phi) is 5.23. The van der Waals surface area contributed by atoms with Crippen LogP contribution in [0, 0.1) is 13.8 Å². The minimum atomic E-state index is 0. The van der Waals surface area contributed by atoms with E-state index in [-0.39, 0.29) is 12.4 Å². The number of halogens is 1. The molecule has 3 rings (SSSR count). The normalized spacial score (nSPS) is 10.1. The van der Waals surface area contributed by atoms with Crippen molar-refractivity contribution in [2.24, 2.45) is 0 Å². The van der Waals surface area contributed by atoms with Crippen LogP contribution in [-0.4, -0.2) is 9.97 Å². The van der Waals surface area contributed by atoms with Crippen molar-refractivity contribution >= 4 is 18.1 Å². The third-order valence-corrected chi connectivity index (χ3v) is 3.60. The summed E-state index contributed by atoms with van der Waals surface area (Å²) in [4.78, 5) is 7.88. The van der Waals surface area contributed by atoms with Crippen LogP contribution < -0.4 is 5.32 Å². The van der Waals surface area contributed by atoms with Gasteiger partial charge in [0.25, 0.3) is 0 Å². The zero-order valence-electron chi connectivity index (χ0n) is 12.8. The van der Waals surface area contributed by atoms with Crippen LogP contribution in [0.5, 0.6) is 0 Å². The summed E-state index contributed by atoms with van der Waals surface area (Å²) in [5.41, 5.74) is 5.64. The zero-order valence-corrected chi connectivity index (χ0v) is 13.6. The summed E-state index contributed by atoms with van der Waals surface area (Å²) >= 11 is 0. The van der Waals surface area contributed by atoms with Gasteiger partial charge in [0, 0.05) is 23.5 Å². The molecular weight excluding hydrogens is 294 g/mol. The first-order valence-corrected chi connectivity index (χ1v) is 7.14. The second-order valence-corrected chi connectivity index (χ2v) is 5.22. The second kappa shape index (κ2) is 7.14. The van der Waals surface area contributed by atoms with Gasteiger partial charge in [-0.2, -0.15) is 0 Å².